The molecule has 0 radical (unpaired) electrons. The zero-order valence-corrected chi connectivity index (χ0v) is 19.4. The first kappa shape index (κ1) is 22.4. The van der Waals surface area contributed by atoms with Gasteiger partial charge in [-0.3, -0.25) is 9.52 Å². The van der Waals surface area contributed by atoms with Crippen molar-refractivity contribution in [1.82, 2.24) is 5.43 Å². The average molecular weight is 476 g/mol. The van der Waals surface area contributed by atoms with Crippen LogP contribution in [0.1, 0.15) is 22.8 Å². The standard InChI is InChI=1S/C25H21N3O3S2/c1-18(19-13-15-21(16-14-19)20-8-3-2-4-9-20)26-27-25(29)22-10-5-6-11-23(22)28-33(30,31)24-12-7-17-32-24/h2-17,28H,1H3,(H,27,29). The number of nitrogens with one attached hydrogen (secondary N) is 2. The lowest BCUT2D eigenvalue weighted by molar-refractivity contribution is 0.0955. The van der Waals surface area contributed by atoms with E-state index in [9.17, 15) is 13.2 Å². The highest BCUT2D eigenvalue weighted by molar-refractivity contribution is 7.94. The molecular formula is C25H21N3O3S2. The van der Waals surface area contributed by atoms with Crippen LogP contribution in [-0.4, -0.2) is 20.0 Å². The van der Waals surface area contributed by atoms with E-state index >= 15 is 0 Å². The van der Waals surface area contributed by atoms with Crippen LogP contribution in [0.25, 0.3) is 11.1 Å². The fourth-order valence-corrected chi connectivity index (χ4v) is 5.25. The number of thiophene rings is 1. The van der Waals surface area contributed by atoms with Gasteiger partial charge in [0.25, 0.3) is 15.9 Å². The largest absolute Gasteiger partial charge is 0.278 e. The van der Waals surface area contributed by atoms with E-state index in [0.29, 0.717) is 5.71 Å². The summed E-state index contributed by atoms with van der Waals surface area (Å²) >= 11 is 1.10. The third-order valence-electron chi connectivity index (χ3n) is 4.91. The summed E-state index contributed by atoms with van der Waals surface area (Å²) in [7, 11) is -3.77. The highest BCUT2D eigenvalue weighted by atomic mass is 32.2. The second-order valence-electron chi connectivity index (χ2n) is 7.16. The molecule has 0 aliphatic heterocycles. The van der Waals surface area contributed by atoms with Gasteiger partial charge in [0, 0.05) is 0 Å². The first-order valence-electron chi connectivity index (χ1n) is 10.1. The molecule has 1 heterocycles. The van der Waals surface area contributed by atoms with E-state index in [1.165, 1.54) is 6.07 Å². The van der Waals surface area contributed by atoms with Crippen molar-refractivity contribution in [1.29, 1.82) is 0 Å². The molecule has 2 N–H and O–H groups in total. The summed E-state index contributed by atoms with van der Waals surface area (Å²) in [6, 6.07) is 27.5. The minimum Gasteiger partial charge on any atom is -0.278 e. The lowest BCUT2D eigenvalue weighted by Gasteiger charge is -2.11. The molecule has 0 spiro atoms. The molecule has 0 saturated heterocycles. The van der Waals surface area contributed by atoms with Gasteiger partial charge in [0.05, 0.1) is 17.0 Å². The lowest BCUT2D eigenvalue weighted by Crippen LogP contribution is -2.22. The number of carbonyl (C=O) groups is 1. The van der Waals surface area contributed by atoms with Crippen LogP contribution >= 0.6 is 11.3 Å². The van der Waals surface area contributed by atoms with E-state index in [0.717, 1.165) is 28.0 Å². The summed E-state index contributed by atoms with van der Waals surface area (Å²) < 4.78 is 27.8. The lowest BCUT2D eigenvalue weighted by atomic mass is 10.0. The molecule has 0 aliphatic carbocycles. The Morgan fingerprint density at radius 1 is 0.818 bits per heavy atom. The third kappa shape index (κ3) is 5.36. The van der Waals surface area contributed by atoms with Crippen LogP contribution < -0.4 is 10.1 Å². The predicted octanol–water partition coefficient (Wildman–Crippen LogP) is 5.37. The Kier molecular flexibility index (Phi) is 6.67. The molecule has 33 heavy (non-hydrogen) atoms. The van der Waals surface area contributed by atoms with Crippen molar-refractivity contribution in [2.75, 3.05) is 4.72 Å². The maximum Gasteiger partial charge on any atom is 0.273 e. The Morgan fingerprint density at radius 2 is 1.48 bits per heavy atom. The van der Waals surface area contributed by atoms with Gasteiger partial charge in [0.1, 0.15) is 4.21 Å². The van der Waals surface area contributed by atoms with Crippen LogP contribution in [0, 0.1) is 0 Å². The second-order valence-corrected chi connectivity index (χ2v) is 10.0. The van der Waals surface area contributed by atoms with Gasteiger partial charge in [-0.2, -0.15) is 5.10 Å². The highest BCUT2D eigenvalue weighted by Gasteiger charge is 2.19. The quantitative estimate of drug-likeness (QED) is 0.278. The van der Waals surface area contributed by atoms with E-state index in [1.54, 1.807) is 42.6 Å². The molecule has 8 heteroatoms. The first-order chi connectivity index (χ1) is 15.9. The molecule has 0 aliphatic rings. The second kappa shape index (κ2) is 9.81. The van der Waals surface area contributed by atoms with Crippen molar-refractivity contribution in [3.05, 3.63) is 108 Å². The molecule has 0 atom stereocenters. The SMILES string of the molecule is CC(=NNC(=O)c1ccccc1NS(=O)(=O)c1cccs1)c1ccc(-c2ccccc2)cc1. The number of hydrazone groups is 1. The van der Waals surface area contributed by atoms with Gasteiger partial charge in [-0.15, -0.1) is 11.3 Å². The van der Waals surface area contributed by atoms with Gasteiger partial charge in [0.15, 0.2) is 0 Å². The Balaban J connectivity index is 1.49. The Labute approximate surface area is 196 Å². The number of para-hydroxylation sites is 1. The summed E-state index contributed by atoms with van der Waals surface area (Å²) in [5.74, 6) is -0.514. The van der Waals surface area contributed by atoms with Gasteiger partial charge in [-0.05, 0) is 47.2 Å². The average Bonchev–Trinajstić information content (AvgIpc) is 3.39. The topological polar surface area (TPSA) is 87.6 Å². The van der Waals surface area contributed by atoms with Crippen molar-refractivity contribution in [2.45, 2.75) is 11.1 Å². The zero-order chi connectivity index (χ0) is 23.3. The van der Waals surface area contributed by atoms with Crippen molar-refractivity contribution < 1.29 is 13.2 Å². The normalized spacial score (nSPS) is 11.7. The van der Waals surface area contributed by atoms with Crippen LogP contribution in [0.3, 0.4) is 0 Å². The first-order valence-corrected chi connectivity index (χ1v) is 12.5. The number of anilines is 1. The minimum atomic E-state index is -3.77. The van der Waals surface area contributed by atoms with Crippen molar-refractivity contribution >= 4 is 38.7 Å². The Bertz CT molecular complexity index is 1380. The monoisotopic (exact) mass is 475 g/mol. The zero-order valence-electron chi connectivity index (χ0n) is 17.7. The van der Waals surface area contributed by atoms with E-state index in [1.807, 2.05) is 54.6 Å². The number of hydrogen-bond donors (Lipinski definition) is 2. The molecule has 1 amide bonds. The summed E-state index contributed by atoms with van der Waals surface area (Å²) in [5, 5.41) is 5.88. The molecule has 0 unspecified atom stereocenters. The van der Waals surface area contributed by atoms with Crippen molar-refractivity contribution in [3.8, 4) is 11.1 Å². The minimum absolute atomic E-state index is 0.172. The van der Waals surface area contributed by atoms with E-state index < -0.39 is 15.9 Å². The summed E-state index contributed by atoms with van der Waals surface area (Å²) in [6.45, 7) is 1.79. The van der Waals surface area contributed by atoms with Crippen LogP contribution in [0.2, 0.25) is 0 Å². The van der Waals surface area contributed by atoms with E-state index in [4.69, 9.17) is 0 Å². The summed E-state index contributed by atoms with van der Waals surface area (Å²) in [5.41, 5.74) is 6.57. The predicted molar refractivity (Wildman–Crippen MR) is 133 cm³/mol. The van der Waals surface area contributed by atoms with Gasteiger partial charge in [0.2, 0.25) is 0 Å². The number of nitrogens with zero attached hydrogens (tertiary/aromatic N) is 1. The molecule has 3 aromatic carbocycles. The molecule has 0 saturated carbocycles. The number of benzene rings is 3. The summed E-state index contributed by atoms with van der Waals surface area (Å²) in [6.07, 6.45) is 0. The van der Waals surface area contributed by atoms with Crippen LogP contribution in [0.4, 0.5) is 5.69 Å². The fraction of sp³-hybridized carbons (Fsp3) is 0.0400. The fourth-order valence-electron chi connectivity index (χ4n) is 3.18. The third-order valence-corrected chi connectivity index (χ3v) is 7.67. The number of rotatable bonds is 7. The van der Waals surface area contributed by atoms with Gasteiger partial charge < -0.3 is 0 Å². The molecule has 0 bridgehead atoms. The molecule has 6 nitrogen and oxygen atoms in total. The molecule has 1 aromatic heterocycles. The number of amides is 1. The smallest absolute Gasteiger partial charge is 0.273 e. The van der Waals surface area contributed by atoms with Crippen LogP contribution in [0.15, 0.2) is 106 Å². The highest BCUT2D eigenvalue weighted by Crippen LogP contribution is 2.23. The Morgan fingerprint density at radius 3 is 2.18 bits per heavy atom. The van der Waals surface area contributed by atoms with Crippen LogP contribution in [-0.2, 0) is 10.0 Å². The van der Waals surface area contributed by atoms with Gasteiger partial charge >= 0.3 is 0 Å². The maximum atomic E-state index is 12.8. The number of sulfonamides is 1. The molecule has 4 rings (SSSR count). The molecule has 166 valence electrons. The number of carbonyl (C=O) groups excluding carboxylic acids is 1. The Hall–Kier alpha value is -3.75. The van der Waals surface area contributed by atoms with E-state index in [-0.39, 0.29) is 15.5 Å². The molecule has 0 fully saturated rings. The van der Waals surface area contributed by atoms with Gasteiger partial charge in [-0.1, -0.05) is 72.8 Å². The summed E-state index contributed by atoms with van der Waals surface area (Å²) in [4.78, 5) is 12.8. The number of hydrogen-bond acceptors (Lipinski definition) is 5. The molecular weight excluding hydrogens is 454 g/mol. The van der Waals surface area contributed by atoms with Gasteiger partial charge in [-0.25, -0.2) is 13.8 Å². The maximum absolute atomic E-state index is 12.8. The van der Waals surface area contributed by atoms with Crippen molar-refractivity contribution in [2.24, 2.45) is 5.10 Å². The molecule has 4 aromatic rings. The van der Waals surface area contributed by atoms with Crippen LogP contribution in [0.5, 0.6) is 0 Å². The van der Waals surface area contributed by atoms with E-state index in [2.05, 4.69) is 15.2 Å². The van der Waals surface area contributed by atoms with Crippen molar-refractivity contribution in [3.63, 3.8) is 0 Å².